The molecule has 0 atom stereocenters. The van der Waals surface area contributed by atoms with Crippen LogP contribution in [0, 0.1) is 6.92 Å². The molecule has 1 aromatic rings. The van der Waals surface area contributed by atoms with Crippen LogP contribution in [0.25, 0.3) is 0 Å². The number of rotatable bonds is 5. The number of hydrogen-bond acceptors (Lipinski definition) is 4. The topological polar surface area (TPSA) is 79.3 Å². The Labute approximate surface area is 91.1 Å². The van der Waals surface area contributed by atoms with Gasteiger partial charge in [-0.2, -0.15) is 0 Å². The van der Waals surface area contributed by atoms with E-state index >= 15 is 0 Å². The van der Waals surface area contributed by atoms with Gasteiger partial charge in [0.2, 0.25) is 0 Å². The first-order valence-electron chi connectivity index (χ1n) is 4.51. The van der Waals surface area contributed by atoms with Crippen molar-refractivity contribution >= 4 is 23.2 Å². The van der Waals surface area contributed by atoms with E-state index in [1.54, 1.807) is 5.51 Å². The monoisotopic (exact) mass is 228 g/mol. The molecule has 1 amide bonds. The summed E-state index contributed by atoms with van der Waals surface area (Å²) in [5.41, 5.74) is 2.04. The number of aliphatic carboxylic acids is 1. The van der Waals surface area contributed by atoms with Crippen LogP contribution < -0.4 is 5.32 Å². The molecule has 0 fully saturated rings. The van der Waals surface area contributed by atoms with Crippen molar-refractivity contribution < 1.29 is 14.7 Å². The van der Waals surface area contributed by atoms with E-state index in [0.29, 0.717) is 18.7 Å². The van der Waals surface area contributed by atoms with Crippen molar-refractivity contribution in [3.8, 4) is 0 Å². The number of carboxylic acids is 1. The van der Waals surface area contributed by atoms with E-state index in [4.69, 9.17) is 5.11 Å². The number of carbonyl (C=O) groups excluding carboxylic acids is 1. The number of nitrogens with one attached hydrogen (secondary N) is 1. The lowest BCUT2D eigenvalue weighted by molar-refractivity contribution is -0.137. The predicted octanol–water partition coefficient (Wildman–Crippen LogP) is 1.05. The van der Waals surface area contributed by atoms with Crippen LogP contribution in [0.5, 0.6) is 0 Å². The van der Waals surface area contributed by atoms with Gasteiger partial charge in [0.05, 0.1) is 5.51 Å². The summed E-state index contributed by atoms with van der Waals surface area (Å²) >= 11 is 1.41. The number of thiazole rings is 1. The minimum Gasteiger partial charge on any atom is -0.481 e. The second-order valence-electron chi connectivity index (χ2n) is 3.01. The molecule has 0 spiro atoms. The molecule has 6 heteroatoms. The number of aryl methyl sites for hydroxylation is 1. The van der Waals surface area contributed by atoms with Gasteiger partial charge in [-0.1, -0.05) is 0 Å². The Morgan fingerprint density at radius 3 is 2.87 bits per heavy atom. The first-order valence-corrected chi connectivity index (χ1v) is 5.39. The van der Waals surface area contributed by atoms with Gasteiger partial charge in [-0.15, -0.1) is 11.3 Å². The molecule has 0 aliphatic rings. The van der Waals surface area contributed by atoms with E-state index in [9.17, 15) is 9.59 Å². The molecule has 1 heterocycles. The average molecular weight is 228 g/mol. The van der Waals surface area contributed by atoms with Gasteiger partial charge in [0.25, 0.3) is 5.91 Å². The van der Waals surface area contributed by atoms with Crippen molar-refractivity contribution in [2.45, 2.75) is 19.8 Å². The molecule has 0 aliphatic carbocycles. The zero-order valence-electron chi connectivity index (χ0n) is 8.32. The first-order chi connectivity index (χ1) is 7.11. The largest absolute Gasteiger partial charge is 0.481 e. The van der Waals surface area contributed by atoms with Gasteiger partial charge in [-0.3, -0.25) is 9.59 Å². The smallest absolute Gasteiger partial charge is 0.303 e. The van der Waals surface area contributed by atoms with Crippen molar-refractivity contribution in [1.29, 1.82) is 0 Å². The van der Waals surface area contributed by atoms with E-state index in [-0.39, 0.29) is 12.3 Å². The predicted molar refractivity (Wildman–Crippen MR) is 56.1 cm³/mol. The fraction of sp³-hybridized carbons (Fsp3) is 0.444. The van der Waals surface area contributed by atoms with Crippen LogP contribution in [-0.4, -0.2) is 28.5 Å². The standard InChI is InChI=1S/C9H12N2O3S/c1-6-8(11-5-15-6)9(14)10-4-2-3-7(12)13/h5H,2-4H2,1H3,(H,10,14)(H,12,13). The summed E-state index contributed by atoms with van der Waals surface area (Å²) in [6, 6.07) is 0. The van der Waals surface area contributed by atoms with E-state index in [1.165, 1.54) is 11.3 Å². The first kappa shape index (κ1) is 11.6. The lowest BCUT2D eigenvalue weighted by Crippen LogP contribution is -2.25. The number of carbonyl (C=O) groups is 2. The summed E-state index contributed by atoms with van der Waals surface area (Å²) in [6.07, 6.45) is 0.501. The Morgan fingerprint density at radius 2 is 2.33 bits per heavy atom. The highest BCUT2D eigenvalue weighted by Gasteiger charge is 2.10. The molecule has 1 aromatic heterocycles. The summed E-state index contributed by atoms with van der Waals surface area (Å²) in [5.74, 6) is -1.09. The lowest BCUT2D eigenvalue weighted by Gasteiger charge is -2.01. The molecule has 0 bridgehead atoms. The third-order valence-corrected chi connectivity index (χ3v) is 2.57. The average Bonchev–Trinajstić information content (AvgIpc) is 2.58. The van der Waals surface area contributed by atoms with Crippen LogP contribution in [-0.2, 0) is 4.79 Å². The molecule has 2 N–H and O–H groups in total. The molecule has 15 heavy (non-hydrogen) atoms. The third kappa shape index (κ3) is 3.67. The number of amides is 1. The van der Waals surface area contributed by atoms with Crippen molar-refractivity contribution in [3.05, 3.63) is 16.1 Å². The highest BCUT2D eigenvalue weighted by Crippen LogP contribution is 2.10. The number of nitrogens with zero attached hydrogens (tertiary/aromatic N) is 1. The van der Waals surface area contributed by atoms with Crippen LogP contribution >= 0.6 is 11.3 Å². The molecule has 0 saturated carbocycles. The Kier molecular flexibility index (Phi) is 4.23. The molecule has 0 saturated heterocycles. The summed E-state index contributed by atoms with van der Waals surface area (Å²) in [4.78, 5) is 26.4. The number of hydrogen-bond donors (Lipinski definition) is 2. The van der Waals surface area contributed by atoms with Crippen LogP contribution in [0.3, 0.4) is 0 Å². The summed E-state index contributed by atoms with van der Waals surface area (Å²) in [5, 5.41) is 11.0. The van der Waals surface area contributed by atoms with Crippen molar-refractivity contribution in [2.75, 3.05) is 6.54 Å². The van der Waals surface area contributed by atoms with Gasteiger partial charge in [-0.25, -0.2) is 4.98 Å². The Balaban J connectivity index is 2.31. The fourth-order valence-corrected chi connectivity index (χ4v) is 1.62. The normalized spacial score (nSPS) is 9.93. The molecule has 1 rings (SSSR count). The fourth-order valence-electron chi connectivity index (χ4n) is 1.05. The maximum absolute atomic E-state index is 11.5. The minimum atomic E-state index is -0.853. The van der Waals surface area contributed by atoms with Crippen molar-refractivity contribution in [1.82, 2.24) is 10.3 Å². The maximum Gasteiger partial charge on any atom is 0.303 e. The number of carboxylic acid groups (broad SMARTS) is 1. The molecule has 0 radical (unpaired) electrons. The molecule has 82 valence electrons. The van der Waals surface area contributed by atoms with Crippen LogP contribution in [0.15, 0.2) is 5.51 Å². The van der Waals surface area contributed by atoms with Gasteiger partial charge in [-0.05, 0) is 13.3 Å². The van der Waals surface area contributed by atoms with Gasteiger partial charge in [0, 0.05) is 17.8 Å². The quantitative estimate of drug-likeness (QED) is 0.738. The lowest BCUT2D eigenvalue weighted by atomic mass is 10.3. The molecular weight excluding hydrogens is 216 g/mol. The van der Waals surface area contributed by atoms with Gasteiger partial charge in [0.1, 0.15) is 5.69 Å². The minimum absolute atomic E-state index is 0.0658. The zero-order valence-corrected chi connectivity index (χ0v) is 9.13. The van der Waals surface area contributed by atoms with Crippen LogP contribution in [0.4, 0.5) is 0 Å². The Bertz CT molecular complexity index is 362. The maximum atomic E-state index is 11.5. The second-order valence-corrected chi connectivity index (χ2v) is 4.07. The Hall–Kier alpha value is -1.43. The number of aromatic nitrogens is 1. The van der Waals surface area contributed by atoms with Gasteiger partial charge in [0.15, 0.2) is 0 Å². The highest BCUT2D eigenvalue weighted by atomic mass is 32.1. The van der Waals surface area contributed by atoms with Gasteiger partial charge < -0.3 is 10.4 Å². The van der Waals surface area contributed by atoms with E-state index < -0.39 is 5.97 Å². The van der Waals surface area contributed by atoms with Crippen LogP contribution in [0.2, 0.25) is 0 Å². The van der Waals surface area contributed by atoms with E-state index in [0.717, 1.165) is 4.88 Å². The summed E-state index contributed by atoms with van der Waals surface area (Å²) in [7, 11) is 0. The molecule has 5 nitrogen and oxygen atoms in total. The van der Waals surface area contributed by atoms with Crippen LogP contribution in [0.1, 0.15) is 28.2 Å². The van der Waals surface area contributed by atoms with Crippen molar-refractivity contribution in [3.63, 3.8) is 0 Å². The summed E-state index contributed by atoms with van der Waals surface area (Å²) in [6.45, 7) is 2.19. The molecule has 0 unspecified atom stereocenters. The zero-order chi connectivity index (χ0) is 11.3. The Morgan fingerprint density at radius 1 is 1.60 bits per heavy atom. The summed E-state index contributed by atoms with van der Waals surface area (Å²) < 4.78 is 0. The molecular formula is C9H12N2O3S. The SMILES string of the molecule is Cc1scnc1C(=O)NCCCC(=O)O. The van der Waals surface area contributed by atoms with E-state index in [1.807, 2.05) is 6.92 Å². The van der Waals surface area contributed by atoms with E-state index in [2.05, 4.69) is 10.3 Å². The molecule has 0 aliphatic heterocycles. The van der Waals surface area contributed by atoms with Crippen molar-refractivity contribution in [2.24, 2.45) is 0 Å². The molecule has 0 aromatic carbocycles. The van der Waals surface area contributed by atoms with Gasteiger partial charge >= 0.3 is 5.97 Å². The second kappa shape index (κ2) is 5.45. The third-order valence-electron chi connectivity index (χ3n) is 1.81. The highest BCUT2D eigenvalue weighted by molar-refractivity contribution is 7.09.